The minimum atomic E-state index is -0.337. The van der Waals surface area contributed by atoms with Crippen LogP contribution in [0.3, 0.4) is 0 Å². The smallest absolute Gasteiger partial charge is 0.318 e. The van der Waals surface area contributed by atoms with Crippen LogP contribution in [0, 0.1) is 6.92 Å². The molecule has 3 amide bonds. The van der Waals surface area contributed by atoms with Gasteiger partial charge in [0.2, 0.25) is 11.8 Å². The zero-order valence-electron chi connectivity index (χ0n) is 17.5. The number of hydrogen-bond acceptors (Lipinski definition) is 5. The molecule has 0 aliphatic carbocycles. The van der Waals surface area contributed by atoms with Crippen molar-refractivity contribution in [3.05, 3.63) is 83.9 Å². The Morgan fingerprint density at radius 2 is 1.34 bits per heavy atom. The van der Waals surface area contributed by atoms with E-state index in [-0.39, 0.29) is 11.9 Å². The zero-order valence-corrected chi connectivity index (χ0v) is 17.5. The summed E-state index contributed by atoms with van der Waals surface area (Å²) in [5.74, 6) is 0.534. The number of aromatic nitrogens is 2. The molecular formula is C24H21N5O3. The average Bonchev–Trinajstić information content (AvgIpc) is 3.30. The zero-order chi connectivity index (χ0) is 22.5. The van der Waals surface area contributed by atoms with Gasteiger partial charge in [-0.25, -0.2) is 4.79 Å². The quantitative estimate of drug-likeness (QED) is 0.427. The molecule has 160 valence electrons. The normalized spacial score (nSPS) is 10.4. The van der Waals surface area contributed by atoms with Crippen LogP contribution in [-0.4, -0.2) is 29.2 Å². The molecule has 4 rings (SSSR count). The summed E-state index contributed by atoms with van der Waals surface area (Å²) in [6, 6.07) is 21.3. The highest BCUT2D eigenvalue weighted by Crippen LogP contribution is 2.24. The Morgan fingerprint density at radius 1 is 0.781 bits per heavy atom. The second kappa shape index (κ2) is 9.13. The number of hydrogen-bond donors (Lipinski definition) is 3. The lowest BCUT2D eigenvalue weighted by atomic mass is 10.1. The highest BCUT2D eigenvalue weighted by molar-refractivity contribution is 6.04. The van der Waals surface area contributed by atoms with Gasteiger partial charge in [0.15, 0.2) is 0 Å². The SMILES string of the molecule is CNC(=O)Nc1cccc(NC(=O)c2ccc(-c3nnc(-c4ccc(C)cc4)o3)cc2)c1. The van der Waals surface area contributed by atoms with Crippen molar-refractivity contribution in [2.75, 3.05) is 17.7 Å². The standard InChI is InChI=1S/C24H21N5O3/c1-15-6-8-17(9-7-15)22-28-29-23(32-22)18-12-10-16(11-13-18)21(30)26-19-4-3-5-20(14-19)27-24(31)25-2/h3-14H,1-2H3,(H,26,30)(H2,25,27,31). The molecule has 0 fully saturated rings. The first-order valence-electron chi connectivity index (χ1n) is 9.93. The van der Waals surface area contributed by atoms with Crippen molar-refractivity contribution < 1.29 is 14.0 Å². The summed E-state index contributed by atoms with van der Waals surface area (Å²) in [4.78, 5) is 24.1. The van der Waals surface area contributed by atoms with Crippen molar-refractivity contribution in [1.29, 1.82) is 0 Å². The minimum Gasteiger partial charge on any atom is -0.416 e. The third kappa shape index (κ3) is 4.81. The topological polar surface area (TPSA) is 109 Å². The maximum absolute atomic E-state index is 12.6. The van der Waals surface area contributed by atoms with Crippen molar-refractivity contribution in [2.45, 2.75) is 6.92 Å². The van der Waals surface area contributed by atoms with E-state index in [9.17, 15) is 9.59 Å². The Bertz CT molecular complexity index is 1250. The van der Waals surface area contributed by atoms with Gasteiger partial charge in [0.25, 0.3) is 5.91 Å². The number of rotatable bonds is 5. The van der Waals surface area contributed by atoms with E-state index >= 15 is 0 Å². The Kier molecular flexibility index (Phi) is 5.94. The molecule has 0 aliphatic heterocycles. The molecule has 0 unspecified atom stereocenters. The number of carbonyl (C=O) groups excluding carboxylic acids is 2. The fourth-order valence-corrected chi connectivity index (χ4v) is 2.99. The van der Waals surface area contributed by atoms with E-state index in [1.807, 2.05) is 31.2 Å². The number of nitrogens with one attached hydrogen (secondary N) is 3. The largest absolute Gasteiger partial charge is 0.416 e. The van der Waals surface area contributed by atoms with Gasteiger partial charge < -0.3 is 20.4 Å². The van der Waals surface area contributed by atoms with Crippen LogP contribution in [-0.2, 0) is 0 Å². The first-order chi connectivity index (χ1) is 15.5. The molecule has 0 spiro atoms. The van der Waals surface area contributed by atoms with Crippen LogP contribution in [0.4, 0.5) is 16.2 Å². The predicted molar refractivity (Wildman–Crippen MR) is 122 cm³/mol. The fraction of sp³-hybridized carbons (Fsp3) is 0.0833. The van der Waals surface area contributed by atoms with E-state index < -0.39 is 0 Å². The van der Waals surface area contributed by atoms with Crippen molar-refractivity contribution in [3.63, 3.8) is 0 Å². The maximum Gasteiger partial charge on any atom is 0.318 e. The van der Waals surface area contributed by atoms with E-state index in [4.69, 9.17) is 4.42 Å². The van der Waals surface area contributed by atoms with Crippen LogP contribution in [0.25, 0.3) is 22.9 Å². The molecule has 0 aliphatic rings. The van der Waals surface area contributed by atoms with Gasteiger partial charge in [0.1, 0.15) is 0 Å². The molecule has 3 N–H and O–H groups in total. The summed E-state index contributed by atoms with van der Waals surface area (Å²) >= 11 is 0. The molecule has 1 heterocycles. The Morgan fingerprint density at radius 3 is 1.94 bits per heavy atom. The van der Waals surface area contributed by atoms with E-state index in [1.165, 1.54) is 7.05 Å². The maximum atomic E-state index is 12.6. The average molecular weight is 427 g/mol. The lowest BCUT2D eigenvalue weighted by Gasteiger charge is -2.09. The third-order valence-electron chi connectivity index (χ3n) is 4.72. The number of anilines is 2. The van der Waals surface area contributed by atoms with Crippen molar-refractivity contribution >= 4 is 23.3 Å². The molecule has 0 radical (unpaired) electrons. The summed E-state index contributed by atoms with van der Waals surface area (Å²) in [6.45, 7) is 2.01. The van der Waals surface area contributed by atoms with Crippen molar-refractivity contribution in [2.24, 2.45) is 0 Å². The van der Waals surface area contributed by atoms with Crippen molar-refractivity contribution in [3.8, 4) is 22.9 Å². The van der Waals surface area contributed by atoms with Crippen LogP contribution in [0.2, 0.25) is 0 Å². The third-order valence-corrected chi connectivity index (χ3v) is 4.72. The molecule has 0 saturated heterocycles. The summed E-state index contributed by atoms with van der Waals surface area (Å²) in [6.07, 6.45) is 0. The van der Waals surface area contributed by atoms with Crippen LogP contribution < -0.4 is 16.0 Å². The van der Waals surface area contributed by atoms with E-state index in [2.05, 4.69) is 26.1 Å². The van der Waals surface area contributed by atoms with Gasteiger partial charge in [0, 0.05) is 35.1 Å². The summed E-state index contributed by atoms with van der Waals surface area (Å²) in [5, 5.41) is 16.2. The lowest BCUT2D eigenvalue weighted by Crippen LogP contribution is -2.24. The van der Waals surface area contributed by atoms with Gasteiger partial charge in [-0.1, -0.05) is 23.8 Å². The number of amides is 3. The number of urea groups is 1. The van der Waals surface area contributed by atoms with Gasteiger partial charge in [-0.05, 0) is 61.5 Å². The Balaban J connectivity index is 1.45. The molecule has 4 aromatic rings. The molecule has 1 aromatic heterocycles. The van der Waals surface area contributed by atoms with E-state index in [0.717, 1.165) is 11.1 Å². The molecule has 0 saturated carbocycles. The molecule has 3 aromatic carbocycles. The summed E-state index contributed by atoms with van der Waals surface area (Å²) in [7, 11) is 1.53. The fourth-order valence-electron chi connectivity index (χ4n) is 2.99. The van der Waals surface area contributed by atoms with Gasteiger partial charge in [-0.2, -0.15) is 0 Å². The second-order valence-corrected chi connectivity index (χ2v) is 7.09. The summed E-state index contributed by atoms with van der Waals surface area (Å²) in [5.41, 5.74) is 4.31. The Hall–Kier alpha value is -4.46. The highest BCUT2D eigenvalue weighted by atomic mass is 16.4. The first-order valence-corrected chi connectivity index (χ1v) is 9.93. The lowest BCUT2D eigenvalue weighted by molar-refractivity contribution is 0.102. The van der Waals surface area contributed by atoms with E-state index in [1.54, 1.807) is 48.5 Å². The molecule has 0 atom stereocenters. The number of benzene rings is 3. The van der Waals surface area contributed by atoms with Gasteiger partial charge in [0.05, 0.1) is 0 Å². The van der Waals surface area contributed by atoms with Gasteiger partial charge in [-0.3, -0.25) is 4.79 Å². The monoisotopic (exact) mass is 427 g/mol. The molecule has 8 nitrogen and oxygen atoms in total. The second-order valence-electron chi connectivity index (χ2n) is 7.09. The van der Waals surface area contributed by atoms with Gasteiger partial charge in [-0.15, -0.1) is 10.2 Å². The molecule has 8 heteroatoms. The molecule has 0 bridgehead atoms. The van der Waals surface area contributed by atoms with Crippen LogP contribution in [0.5, 0.6) is 0 Å². The number of aryl methyl sites for hydroxylation is 1. The van der Waals surface area contributed by atoms with Crippen molar-refractivity contribution in [1.82, 2.24) is 15.5 Å². The highest BCUT2D eigenvalue weighted by Gasteiger charge is 2.12. The summed E-state index contributed by atoms with van der Waals surface area (Å²) < 4.78 is 5.78. The number of carbonyl (C=O) groups is 2. The molecular weight excluding hydrogens is 406 g/mol. The van der Waals surface area contributed by atoms with Crippen LogP contribution in [0.15, 0.2) is 77.2 Å². The minimum absolute atomic E-state index is 0.278. The van der Waals surface area contributed by atoms with Crippen LogP contribution >= 0.6 is 0 Å². The number of nitrogens with zero attached hydrogens (tertiary/aromatic N) is 2. The predicted octanol–water partition coefficient (Wildman–Crippen LogP) is 4.72. The Labute approximate surface area is 184 Å². The van der Waals surface area contributed by atoms with E-state index in [0.29, 0.717) is 34.3 Å². The van der Waals surface area contributed by atoms with Crippen LogP contribution in [0.1, 0.15) is 15.9 Å². The molecule has 32 heavy (non-hydrogen) atoms. The first kappa shape index (κ1) is 20.8. The van der Waals surface area contributed by atoms with Gasteiger partial charge >= 0.3 is 6.03 Å².